The molecule has 0 spiro atoms. The lowest BCUT2D eigenvalue weighted by molar-refractivity contribution is 1.10. The predicted octanol–water partition coefficient (Wildman–Crippen LogP) is 3.39. The number of halogens is 2. The fraction of sp³-hybridized carbons (Fsp3) is 0.667. The molecule has 0 N–H and O–H groups in total. The quantitative estimate of drug-likeness (QED) is 0.509. The zero-order valence-corrected chi connectivity index (χ0v) is 6.84. The Morgan fingerprint density at radius 2 is 1.75 bits per heavy atom. The van der Waals surface area contributed by atoms with Crippen LogP contribution in [0, 0.1) is 0 Å². The van der Waals surface area contributed by atoms with Crippen molar-refractivity contribution in [2.45, 2.75) is 20.3 Å². The Hall–Kier alpha value is 0.320. The van der Waals surface area contributed by atoms with Crippen LogP contribution in [0.4, 0.5) is 0 Å². The fourth-order valence-corrected chi connectivity index (χ4v) is 0. The van der Waals surface area contributed by atoms with Gasteiger partial charge in [0, 0.05) is 5.88 Å². The number of hydrogen-bond acceptors (Lipinski definition) is 0. The summed E-state index contributed by atoms with van der Waals surface area (Å²) in [5.41, 5.74) is 1.47. The van der Waals surface area contributed by atoms with E-state index in [0.29, 0.717) is 0 Å². The van der Waals surface area contributed by atoms with Gasteiger partial charge >= 0.3 is 0 Å². The smallest absolute Gasteiger partial charge is 0.0220 e. The van der Waals surface area contributed by atoms with E-state index >= 15 is 0 Å². The summed E-state index contributed by atoms with van der Waals surface area (Å²) >= 11 is 10.2. The van der Waals surface area contributed by atoms with Crippen LogP contribution in [0.2, 0.25) is 0 Å². The second kappa shape index (κ2) is 15.7. The monoisotopic (exact) mass is 154 g/mol. The molecule has 0 heterocycles. The van der Waals surface area contributed by atoms with Gasteiger partial charge in [0.05, 0.1) is 0 Å². The molecular weight excluding hydrogens is 143 g/mol. The van der Waals surface area contributed by atoms with Gasteiger partial charge in [0.25, 0.3) is 0 Å². The Morgan fingerprint density at radius 3 is 1.75 bits per heavy atom. The summed E-state index contributed by atoms with van der Waals surface area (Å²) < 4.78 is 0. The van der Waals surface area contributed by atoms with E-state index < -0.39 is 0 Å². The van der Waals surface area contributed by atoms with Gasteiger partial charge in [-0.25, -0.2) is 0 Å². The van der Waals surface area contributed by atoms with Crippen LogP contribution in [0.1, 0.15) is 20.3 Å². The van der Waals surface area contributed by atoms with E-state index in [4.69, 9.17) is 23.2 Å². The fourth-order valence-electron chi connectivity index (χ4n) is 0. The Balaban J connectivity index is 0. The van der Waals surface area contributed by atoms with Crippen molar-refractivity contribution in [1.29, 1.82) is 0 Å². The highest BCUT2D eigenvalue weighted by Gasteiger charge is 1.59. The Labute approximate surface area is 61.5 Å². The summed E-state index contributed by atoms with van der Waals surface area (Å²) in [7, 11) is 0. The molecular formula is C6H12Cl2. The molecule has 0 atom stereocenters. The Bertz CT molecular complexity index is 35.8. The van der Waals surface area contributed by atoms with E-state index in [1.54, 1.807) is 6.08 Å². The summed E-state index contributed by atoms with van der Waals surface area (Å²) in [5.74, 6) is 0.792. The van der Waals surface area contributed by atoms with Crippen LogP contribution in [-0.4, -0.2) is 5.88 Å². The molecule has 2 heteroatoms. The average Bonchev–Trinajstić information content (AvgIpc) is 1.88. The molecule has 0 aliphatic heterocycles. The third-order valence-electron chi connectivity index (χ3n) is 0.315. The largest absolute Gasteiger partial charge is 0.127 e. The summed E-state index contributed by atoms with van der Waals surface area (Å²) in [5, 5.41) is 0. The van der Waals surface area contributed by atoms with Crippen LogP contribution in [0.5, 0.6) is 0 Å². The number of hydrogen-bond donors (Lipinski definition) is 0. The van der Waals surface area contributed by atoms with Gasteiger partial charge in [-0.15, -0.1) is 11.6 Å². The third kappa shape index (κ3) is 33.2. The van der Waals surface area contributed by atoms with Crippen molar-refractivity contribution in [3.63, 3.8) is 0 Å². The van der Waals surface area contributed by atoms with Crippen molar-refractivity contribution in [1.82, 2.24) is 0 Å². The highest BCUT2D eigenvalue weighted by Crippen LogP contribution is 1.75. The topological polar surface area (TPSA) is 0 Å². The highest BCUT2D eigenvalue weighted by molar-refractivity contribution is 6.25. The molecule has 0 aromatic rings. The van der Waals surface area contributed by atoms with Gasteiger partial charge in [0.2, 0.25) is 0 Å². The molecule has 8 heavy (non-hydrogen) atoms. The Kier molecular flexibility index (Phi) is 21.9. The minimum absolute atomic E-state index is 0.792. The maximum absolute atomic E-state index is 5.19. The van der Waals surface area contributed by atoms with Crippen molar-refractivity contribution in [3.05, 3.63) is 11.6 Å². The summed E-state index contributed by atoms with van der Waals surface area (Å²) in [6.45, 7) is 3.92. The molecule has 0 radical (unpaired) electrons. The summed E-state index contributed by atoms with van der Waals surface area (Å²) in [6.07, 6.45) is 2.85. The highest BCUT2D eigenvalue weighted by atomic mass is 35.5. The molecule has 0 aliphatic rings. The first kappa shape index (κ1) is 11.2. The zero-order chi connectivity index (χ0) is 6.83. The third-order valence-corrected chi connectivity index (χ3v) is 0.945. The van der Waals surface area contributed by atoms with Crippen LogP contribution < -0.4 is 0 Å². The van der Waals surface area contributed by atoms with E-state index in [1.807, 2.05) is 13.8 Å². The van der Waals surface area contributed by atoms with E-state index in [1.165, 1.54) is 5.54 Å². The average molecular weight is 155 g/mol. The molecule has 0 unspecified atom stereocenters. The standard InChI is InChI=1S/C3H7Cl.C3H5Cl/c2*1-2-3-4/h2-3H2,1H3;2-3H,1H3. The minimum atomic E-state index is 0.792. The molecule has 0 aliphatic carbocycles. The first-order valence-electron chi connectivity index (χ1n) is 2.60. The lowest BCUT2D eigenvalue weighted by Crippen LogP contribution is -1.55. The molecule has 0 bridgehead atoms. The van der Waals surface area contributed by atoms with Gasteiger partial charge in [-0.05, 0) is 18.9 Å². The van der Waals surface area contributed by atoms with Crippen molar-refractivity contribution in [2.24, 2.45) is 0 Å². The maximum Gasteiger partial charge on any atom is 0.0220 e. The molecule has 50 valence electrons. The molecule has 0 nitrogen and oxygen atoms in total. The van der Waals surface area contributed by atoms with Crippen LogP contribution in [0.15, 0.2) is 11.6 Å². The molecule has 0 saturated carbocycles. The van der Waals surface area contributed by atoms with Gasteiger partial charge in [-0.2, -0.15) is 0 Å². The molecule has 0 saturated heterocycles. The van der Waals surface area contributed by atoms with Gasteiger partial charge in [0.1, 0.15) is 0 Å². The van der Waals surface area contributed by atoms with Gasteiger partial charge in [0.15, 0.2) is 0 Å². The molecule has 0 aromatic heterocycles. The van der Waals surface area contributed by atoms with E-state index in [2.05, 4.69) is 0 Å². The van der Waals surface area contributed by atoms with E-state index in [-0.39, 0.29) is 0 Å². The SMILES string of the molecule is CC=CCl.CCCCl. The van der Waals surface area contributed by atoms with Gasteiger partial charge in [-0.1, -0.05) is 24.6 Å². The normalized spacial score (nSPS) is 8.50. The van der Waals surface area contributed by atoms with Crippen molar-refractivity contribution < 1.29 is 0 Å². The van der Waals surface area contributed by atoms with Crippen molar-refractivity contribution in [3.8, 4) is 0 Å². The maximum atomic E-state index is 5.19. The number of rotatable bonds is 1. The zero-order valence-electron chi connectivity index (χ0n) is 5.32. The van der Waals surface area contributed by atoms with Crippen molar-refractivity contribution >= 4 is 23.2 Å². The molecule has 0 rings (SSSR count). The number of allylic oxidation sites excluding steroid dienone is 1. The van der Waals surface area contributed by atoms with Crippen LogP contribution >= 0.6 is 23.2 Å². The van der Waals surface area contributed by atoms with Crippen LogP contribution in [0.3, 0.4) is 0 Å². The van der Waals surface area contributed by atoms with E-state index in [0.717, 1.165) is 12.3 Å². The van der Waals surface area contributed by atoms with Crippen LogP contribution in [-0.2, 0) is 0 Å². The second-order valence-electron chi connectivity index (χ2n) is 1.15. The van der Waals surface area contributed by atoms with Crippen molar-refractivity contribution in [2.75, 3.05) is 5.88 Å². The summed E-state index contributed by atoms with van der Waals surface area (Å²) in [4.78, 5) is 0. The molecule has 0 aromatic carbocycles. The predicted molar refractivity (Wildman–Crippen MR) is 41.7 cm³/mol. The molecule has 0 amide bonds. The minimum Gasteiger partial charge on any atom is -0.127 e. The first-order chi connectivity index (χ1) is 3.83. The number of alkyl halides is 1. The van der Waals surface area contributed by atoms with Crippen LogP contribution in [0.25, 0.3) is 0 Å². The molecule has 0 fully saturated rings. The van der Waals surface area contributed by atoms with Gasteiger partial charge < -0.3 is 0 Å². The Morgan fingerprint density at radius 1 is 1.50 bits per heavy atom. The van der Waals surface area contributed by atoms with E-state index in [9.17, 15) is 0 Å². The first-order valence-corrected chi connectivity index (χ1v) is 3.57. The lowest BCUT2D eigenvalue weighted by atomic mass is 10.6. The summed E-state index contributed by atoms with van der Waals surface area (Å²) in [6, 6.07) is 0. The van der Waals surface area contributed by atoms with Gasteiger partial charge in [-0.3, -0.25) is 0 Å². The lowest BCUT2D eigenvalue weighted by Gasteiger charge is -1.65. The second-order valence-corrected chi connectivity index (χ2v) is 1.78.